The Kier molecular flexibility index (Phi) is 3.68. The summed E-state index contributed by atoms with van der Waals surface area (Å²) in [4.78, 5) is 32.9. The number of carbonyl (C=O) groups excluding carboxylic acids is 2. The van der Waals surface area contributed by atoms with Crippen molar-refractivity contribution in [3.8, 4) is 0 Å². The number of piperidine rings is 1. The number of ketones is 1. The molecule has 0 N–H and O–H groups in total. The third-order valence-corrected chi connectivity index (χ3v) is 2.98. The van der Waals surface area contributed by atoms with Gasteiger partial charge in [0.1, 0.15) is 0 Å². The molecule has 1 amide bonds. The molecule has 17 heavy (non-hydrogen) atoms. The van der Waals surface area contributed by atoms with Crippen molar-refractivity contribution in [2.75, 3.05) is 13.1 Å². The minimum absolute atomic E-state index is 0.0251. The monoisotopic (exact) mass is 253 g/mol. The zero-order valence-electron chi connectivity index (χ0n) is 9.23. The van der Waals surface area contributed by atoms with Crippen molar-refractivity contribution in [1.82, 2.24) is 14.9 Å². The molecule has 0 spiro atoms. The van der Waals surface area contributed by atoms with Crippen molar-refractivity contribution in [3.05, 3.63) is 23.2 Å². The molecule has 0 atom stereocenters. The van der Waals surface area contributed by atoms with Crippen molar-refractivity contribution in [2.24, 2.45) is 0 Å². The third-order valence-electron chi connectivity index (χ3n) is 2.71. The van der Waals surface area contributed by atoms with Crippen LogP contribution in [0.4, 0.5) is 0 Å². The number of aromatic nitrogens is 2. The van der Waals surface area contributed by atoms with Gasteiger partial charge in [0.25, 0.3) is 11.7 Å². The van der Waals surface area contributed by atoms with E-state index in [1.165, 1.54) is 12.4 Å². The van der Waals surface area contributed by atoms with Gasteiger partial charge in [-0.15, -0.1) is 0 Å². The van der Waals surface area contributed by atoms with Gasteiger partial charge in [-0.2, -0.15) is 0 Å². The van der Waals surface area contributed by atoms with E-state index in [0.717, 1.165) is 19.3 Å². The molecule has 0 bridgehead atoms. The summed E-state index contributed by atoms with van der Waals surface area (Å²) in [7, 11) is 0. The van der Waals surface area contributed by atoms with Gasteiger partial charge in [0.2, 0.25) is 0 Å². The number of nitrogens with zero attached hydrogens (tertiary/aromatic N) is 3. The average molecular weight is 254 g/mol. The van der Waals surface area contributed by atoms with E-state index in [1.807, 2.05) is 0 Å². The van der Waals surface area contributed by atoms with Crippen LogP contribution in [0.25, 0.3) is 0 Å². The summed E-state index contributed by atoms with van der Waals surface area (Å²) in [6.07, 6.45) is 5.71. The largest absolute Gasteiger partial charge is 0.336 e. The lowest BCUT2D eigenvalue weighted by Gasteiger charge is -2.25. The Morgan fingerprint density at radius 2 is 1.76 bits per heavy atom. The predicted octanol–water partition coefficient (Wildman–Crippen LogP) is 1.33. The van der Waals surface area contributed by atoms with Crippen molar-refractivity contribution in [2.45, 2.75) is 19.3 Å². The predicted molar refractivity (Wildman–Crippen MR) is 61.8 cm³/mol. The van der Waals surface area contributed by atoms with Crippen LogP contribution in [0, 0.1) is 0 Å². The lowest BCUT2D eigenvalue weighted by atomic mass is 10.1. The Bertz CT molecular complexity index is 444. The first-order chi connectivity index (χ1) is 8.20. The summed E-state index contributed by atoms with van der Waals surface area (Å²) >= 11 is 5.74. The molecule has 0 aliphatic carbocycles. The molecule has 1 saturated heterocycles. The third kappa shape index (κ3) is 2.61. The SMILES string of the molecule is O=C(C(=O)N1CCCCC1)c1nccnc1Cl. The van der Waals surface area contributed by atoms with Gasteiger partial charge < -0.3 is 4.90 Å². The minimum atomic E-state index is -0.676. The maximum atomic E-state index is 11.9. The Hall–Kier alpha value is -1.49. The van der Waals surface area contributed by atoms with Gasteiger partial charge in [0.05, 0.1) is 0 Å². The fourth-order valence-corrected chi connectivity index (χ4v) is 2.01. The molecule has 1 aromatic rings. The van der Waals surface area contributed by atoms with Crippen LogP contribution in [-0.4, -0.2) is 39.6 Å². The average Bonchev–Trinajstić information content (AvgIpc) is 2.39. The van der Waals surface area contributed by atoms with Crippen LogP contribution in [-0.2, 0) is 4.79 Å². The quantitative estimate of drug-likeness (QED) is 0.589. The van der Waals surface area contributed by atoms with Crippen LogP contribution >= 0.6 is 11.6 Å². The van der Waals surface area contributed by atoms with Crippen LogP contribution in [0.2, 0.25) is 5.15 Å². The molecule has 2 heterocycles. The second-order valence-corrected chi connectivity index (χ2v) is 4.24. The molecule has 1 aromatic heterocycles. The molecule has 0 unspecified atom stereocenters. The van der Waals surface area contributed by atoms with Gasteiger partial charge in [-0.3, -0.25) is 9.59 Å². The number of amides is 1. The van der Waals surface area contributed by atoms with Crippen LogP contribution in [0.1, 0.15) is 29.8 Å². The molecule has 1 fully saturated rings. The number of carbonyl (C=O) groups is 2. The van der Waals surface area contributed by atoms with Crippen molar-refractivity contribution in [3.63, 3.8) is 0 Å². The zero-order chi connectivity index (χ0) is 12.3. The van der Waals surface area contributed by atoms with Gasteiger partial charge in [-0.1, -0.05) is 11.6 Å². The fourth-order valence-electron chi connectivity index (χ4n) is 1.82. The number of Topliss-reactive ketones (excluding diaryl/α,β-unsaturated/α-hetero) is 1. The van der Waals surface area contributed by atoms with E-state index in [-0.39, 0.29) is 10.8 Å². The summed E-state index contributed by atoms with van der Waals surface area (Å²) in [5, 5.41) is -0.0251. The highest BCUT2D eigenvalue weighted by atomic mass is 35.5. The first-order valence-corrected chi connectivity index (χ1v) is 5.88. The molecule has 6 heteroatoms. The van der Waals surface area contributed by atoms with E-state index >= 15 is 0 Å². The summed E-state index contributed by atoms with van der Waals surface area (Å²) < 4.78 is 0. The molecule has 2 rings (SSSR count). The molecule has 0 radical (unpaired) electrons. The fraction of sp³-hybridized carbons (Fsp3) is 0.455. The molecule has 0 aromatic carbocycles. The van der Waals surface area contributed by atoms with E-state index in [9.17, 15) is 9.59 Å². The van der Waals surface area contributed by atoms with E-state index in [4.69, 9.17) is 11.6 Å². The molecule has 1 aliphatic rings. The lowest BCUT2D eigenvalue weighted by molar-refractivity contribution is -0.127. The van der Waals surface area contributed by atoms with Crippen LogP contribution < -0.4 is 0 Å². The topological polar surface area (TPSA) is 63.2 Å². The highest BCUT2D eigenvalue weighted by Gasteiger charge is 2.27. The van der Waals surface area contributed by atoms with E-state index in [2.05, 4.69) is 9.97 Å². The van der Waals surface area contributed by atoms with Gasteiger partial charge >= 0.3 is 0 Å². The number of hydrogen-bond acceptors (Lipinski definition) is 4. The smallest absolute Gasteiger partial charge is 0.296 e. The normalized spacial score (nSPS) is 15.7. The number of hydrogen-bond donors (Lipinski definition) is 0. The zero-order valence-corrected chi connectivity index (χ0v) is 9.98. The highest BCUT2D eigenvalue weighted by molar-refractivity contribution is 6.45. The Morgan fingerprint density at radius 1 is 1.12 bits per heavy atom. The number of likely N-dealkylation sites (tertiary alicyclic amines) is 1. The van der Waals surface area contributed by atoms with Crippen molar-refractivity contribution >= 4 is 23.3 Å². The molecule has 5 nitrogen and oxygen atoms in total. The maximum Gasteiger partial charge on any atom is 0.296 e. The Morgan fingerprint density at radius 3 is 2.41 bits per heavy atom. The second kappa shape index (κ2) is 5.23. The number of halogens is 1. The highest BCUT2D eigenvalue weighted by Crippen LogP contribution is 2.14. The van der Waals surface area contributed by atoms with Crippen LogP contribution in [0.5, 0.6) is 0 Å². The summed E-state index contributed by atoms with van der Waals surface area (Å²) in [5.41, 5.74) is -0.0651. The van der Waals surface area contributed by atoms with Gasteiger partial charge in [0, 0.05) is 25.5 Å². The lowest BCUT2D eigenvalue weighted by Crippen LogP contribution is -2.40. The van der Waals surface area contributed by atoms with Gasteiger partial charge in [-0.05, 0) is 19.3 Å². The van der Waals surface area contributed by atoms with E-state index < -0.39 is 11.7 Å². The maximum absolute atomic E-state index is 11.9. The summed E-state index contributed by atoms with van der Waals surface area (Å²) in [6.45, 7) is 1.25. The Balaban J connectivity index is 2.14. The van der Waals surface area contributed by atoms with Crippen LogP contribution in [0.3, 0.4) is 0 Å². The van der Waals surface area contributed by atoms with Crippen molar-refractivity contribution in [1.29, 1.82) is 0 Å². The molecule has 90 valence electrons. The Labute approximate surface area is 104 Å². The summed E-state index contributed by atoms with van der Waals surface area (Å²) in [6, 6.07) is 0. The standard InChI is InChI=1S/C11H12ClN3O2/c12-10-8(13-4-5-14-10)9(16)11(17)15-6-2-1-3-7-15/h4-5H,1-3,6-7H2. The van der Waals surface area contributed by atoms with Crippen molar-refractivity contribution < 1.29 is 9.59 Å². The van der Waals surface area contributed by atoms with E-state index in [0.29, 0.717) is 13.1 Å². The minimum Gasteiger partial charge on any atom is -0.336 e. The second-order valence-electron chi connectivity index (χ2n) is 3.88. The molecular weight excluding hydrogens is 242 g/mol. The molecule has 0 saturated carbocycles. The summed E-state index contributed by atoms with van der Waals surface area (Å²) in [5.74, 6) is -1.21. The molecule has 1 aliphatic heterocycles. The van der Waals surface area contributed by atoms with Crippen LogP contribution in [0.15, 0.2) is 12.4 Å². The number of rotatable bonds is 2. The van der Waals surface area contributed by atoms with Gasteiger partial charge in [0.15, 0.2) is 10.8 Å². The first kappa shape index (κ1) is 12.0. The van der Waals surface area contributed by atoms with E-state index in [1.54, 1.807) is 4.90 Å². The first-order valence-electron chi connectivity index (χ1n) is 5.50. The van der Waals surface area contributed by atoms with Gasteiger partial charge in [-0.25, -0.2) is 9.97 Å². The molecular formula is C11H12ClN3O2.